The van der Waals surface area contributed by atoms with E-state index in [-0.39, 0.29) is 11.7 Å². The van der Waals surface area contributed by atoms with Crippen molar-refractivity contribution >= 4 is 44.0 Å². The lowest BCUT2D eigenvalue weighted by Gasteiger charge is -2.10. The van der Waals surface area contributed by atoms with Gasteiger partial charge in [-0.25, -0.2) is 4.98 Å². The van der Waals surface area contributed by atoms with Crippen LogP contribution < -0.4 is 16.4 Å². The highest BCUT2D eigenvalue weighted by Gasteiger charge is 2.25. The van der Waals surface area contributed by atoms with Crippen molar-refractivity contribution in [3.05, 3.63) is 70.8 Å². The largest absolute Gasteiger partial charge is 0.383 e. The van der Waals surface area contributed by atoms with Crippen molar-refractivity contribution in [2.24, 2.45) is 0 Å². The van der Waals surface area contributed by atoms with E-state index in [0.717, 1.165) is 27.1 Å². The van der Waals surface area contributed by atoms with E-state index >= 15 is 0 Å². The van der Waals surface area contributed by atoms with E-state index in [4.69, 9.17) is 5.73 Å². The van der Waals surface area contributed by atoms with Crippen LogP contribution in [0.1, 0.15) is 27.0 Å². The smallest absolute Gasteiger partial charge is 0.256 e. The summed E-state index contributed by atoms with van der Waals surface area (Å²) in [6.07, 6.45) is 0. The molecule has 0 saturated carbocycles. The monoisotopic (exact) mass is 427 g/mol. The number of carbonyl (C=O) groups is 1. The zero-order valence-corrected chi connectivity index (χ0v) is 18.2. The molecule has 0 spiro atoms. The van der Waals surface area contributed by atoms with E-state index in [1.165, 1.54) is 11.3 Å². The van der Waals surface area contributed by atoms with Gasteiger partial charge in [0.15, 0.2) is 0 Å². The lowest BCUT2D eigenvalue weighted by molar-refractivity contribution is 0.0965. The first-order valence-corrected chi connectivity index (χ1v) is 10.5. The molecule has 0 unspecified atom stereocenters. The number of amides is 1. The highest BCUT2D eigenvalue weighted by molar-refractivity contribution is 7.24. The minimum Gasteiger partial charge on any atom is -0.383 e. The van der Waals surface area contributed by atoms with Crippen molar-refractivity contribution in [1.29, 1.82) is 5.26 Å². The van der Waals surface area contributed by atoms with Crippen LogP contribution in [-0.4, -0.2) is 17.9 Å². The van der Waals surface area contributed by atoms with Crippen LogP contribution in [-0.2, 0) is 0 Å². The Morgan fingerprint density at radius 1 is 1.13 bits per heavy atom. The molecule has 0 atom stereocenters. The third-order valence-electron chi connectivity index (χ3n) is 5.15. The summed E-state index contributed by atoms with van der Waals surface area (Å²) < 4.78 is 0.740. The van der Waals surface area contributed by atoms with Gasteiger partial charge in [0.25, 0.3) is 5.91 Å². The number of para-hydroxylation sites is 1. The number of carbonyl (C=O) groups excluding carboxylic acids is 1. The summed E-state index contributed by atoms with van der Waals surface area (Å²) in [7, 11) is 1.58. The van der Waals surface area contributed by atoms with Crippen LogP contribution in [0.4, 0.5) is 16.5 Å². The van der Waals surface area contributed by atoms with E-state index in [0.29, 0.717) is 27.2 Å². The Labute approximate surface area is 184 Å². The molecule has 0 fully saturated rings. The van der Waals surface area contributed by atoms with E-state index in [1.807, 2.05) is 62.4 Å². The molecule has 0 aliphatic carbocycles. The van der Waals surface area contributed by atoms with Crippen molar-refractivity contribution in [2.75, 3.05) is 18.1 Å². The maximum Gasteiger partial charge on any atom is 0.256 e. The quantitative estimate of drug-likeness (QED) is 0.418. The first kappa shape index (κ1) is 20.4. The molecular formula is C24H21N5OS. The molecule has 1 amide bonds. The van der Waals surface area contributed by atoms with E-state index < -0.39 is 0 Å². The predicted molar refractivity (Wildman–Crippen MR) is 127 cm³/mol. The number of thiophene rings is 1. The highest BCUT2D eigenvalue weighted by Crippen LogP contribution is 2.44. The van der Waals surface area contributed by atoms with Crippen LogP contribution in [0.15, 0.2) is 48.5 Å². The van der Waals surface area contributed by atoms with Crippen molar-refractivity contribution in [2.45, 2.75) is 13.8 Å². The first-order valence-electron chi connectivity index (χ1n) is 9.72. The van der Waals surface area contributed by atoms with Crippen molar-refractivity contribution in [3.8, 4) is 17.2 Å². The number of nitriles is 1. The average molecular weight is 428 g/mol. The number of anilines is 3. The molecule has 4 N–H and O–H groups in total. The van der Waals surface area contributed by atoms with Crippen molar-refractivity contribution < 1.29 is 4.79 Å². The van der Waals surface area contributed by atoms with Gasteiger partial charge in [0.05, 0.1) is 10.2 Å². The van der Waals surface area contributed by atoms with Crippen LogP contribution in [0, 0.1) is 25.2 Å². The molecule has 0 radical (unpaired) electrons. The maximum atomic E-state index is 12.9. The van der Waals surface area contributed by atoms with Crippen LogP contribution in [0.2, 0.25) is 0 Å². The number of nitrogen functional groups attached to an aromatic ring is 1. The fourth-order valence-electron chi connectivity index (χ4n) is 3.48. The van der Waals surface area contributed by atoms with E-state index in [2.05, 4.69) is 21.7 Å². The Bertz CT molecular complexity index is 1350. The Hall–Kier alpha value is -3.89. The maximum absolute atomic E-state index is 12.9. The second-order valence-electron chi connectivity index (χ2n) is 7.23. The van der Waals surface area contributed by atoms with Gasteiger partial charge in [0.1, 0.15) is 28.0 Å². The summed E-state index contributed by atoms with van der Waals surface area (Å²) in [5, 5.41) is 16.6. The Balaban J connectivity index is 2.05. The summed E-state index contributed by atoms with van der Waals surface area (Å²) >= 11 is 1.39. The molecule has 2 aromatic heterocycles. The molecule has 6 nitrogen and oxygen atoms in total. The van der Waals surface area contributed by atoms with Gasteiger partial charge in [-0.3, -0.25) is 4.79 Å². The van der Waals surface area contributed by atoms with Crippen molar-refractivity contribution in [1.82, 2.24) is 10.3 Å². The molecule has 31 heavy (non-hydrogen) atoms. The Morgan fingerprint density at radius 3 is 2.48 bits per heavy atom. The van der Waals surface area contributed by atoms with E-state index in [1.54, 1.807) is 7.05 Å². The topological polar surface area (TPSA) is 104 Å². The van der Waals surface area contributed by atoms with Crippen LogP contribution in [0.25, 0.3) is 21.3 Å². The number of nitrogens with one attached hydrogen (secondary N) is 2. The summed E-state index contributed by atoms with van der Waals surface area (Å²) in [5.74, 6) is -0.162. The third-order valence-corrected chi connectivity index (χ3v) is 6.26. The molecule has 2 heterocycles. The van der Waals surface area contributed by atoms with Crippen molar-refractivity contribution in [3.63, 3.8) is 0 Å². The highest BCUT2D eigenvalue weighted by atomic mass is 32.1. The van der Waals surface area contributed by atoms with Gasteiger partial charge in [0.2, 0.25) is 0 Å². The Morgan fingerprint density at radius 2 is 1.84 bits per heavy atom. The summed E-state index contributed by atoms with van der Waals surface area (Å²) in [5.41, 5.74) is 12.0. The number of nitrogens with two attached hydrogens (primary N) is 1. The molecule has 2 aromatic carbocycles. The van der Waals surface area contributed by atoms with Gasteiger partial charge < -0.3 is 16.4 Å². The molecule has 0 saturated heterocycles. The number of pyridine rings is 1. The molecule has 154 valence electrons. The standard InChI is InChI=1S/C24H21N5OS/c1-13-8-10-15(11-9-13)18-16(12-25)22(26)29-20-19(23(30)27-3)24(31-21(18)20)28-17-7-5-4-6-14(17)2/h4-11,28H,1-3H3,(H2,26,29)(H,27,30). The molecule has 0 bridgehead atoms. The average Bonchev–Trinajstić information content (AvgIpc) is 3.11. The minimum absolute atomic E-state index is 0.107. The minimum atomic E-state index is -0.270. The second-order valence-corrected chi connectivity index (χ2v) is 8.25. The lowest BCUT2D eigenvalue weighted by atomic mass is 9.99. The Kier molecular flexibility index (Phi) is 5.32. The number of benzene rings is 2. The molecule has 4 aromatic rings. The SMILES string of the molecule is CNC(=O)c1c(Nc2ccccc2C)sc2c(-c3ccc(C)cc3)c(C#N)c(N)nc12. The van der Waals surface area contributed by atoms with Gasteiger partial charge in [0, 0.05) is 18.3 Å². The molecule has 0 aliphatic heterocycles. The molecule has 0 aliphatic rings. The van der Waals surface area contributed by atoms with Crippen LogP contribution >= 0.6 is 11.3 Å². The number of aromatic nitrogens is 1. The summed E-state index contributed by atoms with van der Waals surface area (Å²) in [4.78, 5) is 17.3. The number of hydrogen-bond acceptors (Lipinski definition) is 6. The van der Waals surface area contributed by atoms with Gasteiger partial charge in [-0.15, -0.1) is 11.3 Å². The van der Waals surface area contributed by atoms with Gasteiger partial charge in [-0.05, 0) is 31.0 Å². The molecule has 4 rings (SSSR count). The number of fused-ring (bicyclic) bond motifs is 1. The number of hydrogen-bond donors (Lipinski definition) is 3. The predicted octanol–water partition coefficient (Wildman–Crippen LogP) is 5.14. The van der Waals surface area contributed by atoms with Crippen LogP contribution in [0.3, 0.4) is 0 Å². The van der Waals surface area contributed by atoms with Crippen LogP contribution in [0.5, 0.6) is 0 Å². The number of aryl methyl sites for hydroxylation is 2. The third kappa shape index (κ3) is 3.58. The normalized spacial score (nSPS) is 10.6. The van der Waals surface area contributed by atoms with Gasteiger partial charge in [-0.2, -0.15) is 5.26 Å². The van der Waals surface area contributed by atoms with Gasteiger partial charge in [-0.1, -0.05) is 48.0 Å². The molecule has 7 heteroatoms. The fraction of sp³-hybridized carbons (Fsp3) is 0.125. The van der Waals surface area contributed by atoms with Gasteiger partial charge >= 0.3 is 0 Å². The summed E-state index contributed by atoms with van der Waals surface area (Å²) in [6.45, 7) is 4.00. The second kappa shape index (κ2) is 8.09. The molecular weight excluding hydrogens is 406 g/mol. The first-order chi connectivity index (χ1) is 14.9. The zero-order chi connectivity index (χ0) is 22.1. The number of nitrogens with zero attached hydrogens (tertiary/aromatic N) is 2. The lowest BCUT2D eigenvalue weighted by Crippen LogP contribution is -2.19. The zero-order valence-electron chi connectivity index (χ0n) is 17.4. The van der Waals surface area contributed by atoms with E-state index in [9.17, 15) is 10.1 Å². The summed E-state index contributed by atoms with van der Waals surface area (Å²) in [6, 6.07) is 17.9. The fourth-order valence-corrected chi connectivity index (χ4v) is 4.71. The number of rotatable bonds is 4.